The summed E-state index contributed by atoms with van der Waals surface area (Å²) < 4.78 is 5.71. The molecule has 0 radical (unpaired) electrons. The number of Topliss-reactive ketones (excluding diaryl/α,β-unsaturated/α-hetero) is 1. The van der Waals surface area contributed by atoms with Crippen LogP contribution in [0.4, 0.5) is 0 Å². The first-order valence-corrected chi connectivity index (χ1v) is 10.9. The van der Waals surface area contributed by atoms with Crippen molar-refractivity contribution < 1.29 is 29.3 Å². The van der Waals surface area contributed by atoms with Crippen LogP contribution >= 0.6 is 0 Å². The number of ketones is 2. The number of fused-ring (bicyclic) bond motifs is 5. The van der Waals surface area contributed by atoms with Gasteiger partial charge in [0.05, 0.1) is 6.10 Å². The van der Waals surface area contributed by atoms with Gasteiger partial charge in [0.15, 0.2) is 11.4 Å². The van der Waals surface area contributed by atoms with E-state index in [2.05, 4.69) is 6.92 Å². The first kappa shape index (κ1) is 20.7. The molecule has 0 unspecified atom stereocenters. The van der Waals surface area contributed by atoms with Crippen LogP contribution in [0.3, 0.4) is 0 Å². The fourth-order valence-corrected chi connectivity index (χ4v) is 7.66. The Labute approximate surface area is 171 Å². The molecule has 6 heteroatoms. The molecule has 0 aromatic carbocycles. The molecule has 4 rings (SSSR count). The first-order valence-electron chi connectivity index (χ1n) is 10.9. The van der Waals surface area contributed by atoms with E-state index in [0.29, 0.717) is 25.2 Å². The van der Waals surface area contributed by atoms with Crippen LogP contribution in [0.25, 0.3) is 0 Å². The molecular formula is C23H32O6. The largest absolute Gasteiger partial charge is 0.451 e. The number of aliphatic hydroxyl groups excluding tert-OH is 2. The van der Waals surface area contributed by atoms with Crippen LogP contribution in [0.5, 0.6) is 0 Å². The Morgan fingerprint density at radius 1 is 1.17 bits per heavy atom. The molecule has 29 heavy (non-hydrogen) atoms. The lowest BCUT2D eigenvalue weighted by molar-refractivity contribution is -0.191. The van der Waals surface area contributed by atoms with Gasteiger partial charge in [-0.1, -0.05) is 13.8 Å². The molecule has 0 aliphatic heterocycles. The molecule has 3 fully saturated rings. The van der Waals surface area contributed by atoms with Crippen molar-refractivity contribution in [1.29, 1.82) is 0 Å². The number of carbonyl (C=O) groups is 3. The van der Waals surface area contributed by atoms with E-state index in [0.717, 1.165) is 31.3 Å². The van der Waals surface area contributed by atoms with Gasteiger partial charge in [-0.25, -0.2) is 0 Å². The van der Waals surface area contributed by atoms with E-state index >= 15 is 0 Å². The monoisotopic (exact) mass is 404 g/mol. The molecule has 4 aliphatic rings. The fraction of sp³-hybridized carbons (Fsp3) is 0.783. The Kier molecular flexibility index (Phi) is 4.82. The zero-order chi connectivity index (χ0) is 21.2. The first-order chi connectivity index (χ1) is 13.6. The number of esters is 1. The SMILES string of the molecule is CC(=O)O[C@]1(C(=O)CO)CC[C@H]2[C@@H]3C[C@H](O)C4=CC(=O)CC[C@]4(C)[C@H]3CC[C@@]21C. The van der Waals surface area contributed by atoms with Gasteiger partial charge < -0.3 is 14.9 Å². The van der Waals surface area contributed by atoms with Gasteiger partial charge in [0, 0.05) is 18.8 Å². The Hall–Kier alpha value is -1.53. The maximum absolute atomic E-state index is 12.9. The van der Waals surface area contributed by atoms with Crippen LogP contribution < -0.4 is 0 Å². The summed E-state index contributed by atoms with van der Waals surface area (Å²) in [5.74, 6) is -0.158. The Morgan fingerprint density at radius 2 is 1.86 bits per heavy atom. The van der Waals surface area contributed by atoms with Gasteiger partial charge in [-0.2, -0.15) is 0 Å². The maximum atomic E-state index is 12.9. The molecule has 2 N–H and O–H groups in total. The topological polar surface area (TPSA) is 101 Å². The molecule has 6 nitrogen and oxygen atoms in total. The third kappa shape index (κ3) is 2.71. The molecule has 0 spiro atoms. The second kappa shape index (κ2) is 6.74. The quantitative estimate of drug-likeness (QED) is 0.701. The van der Waals surface area contributed by atoms with E-state index in [-0.39, 0.29) is 23.0 Å². The third-order valence-corrected chi connectivity index (χ3v) is 9.01. The van der Waals surface area contributed by atoms with E-state index in [1.165, 1.54) is 6.92 Å². The van der Waals surface area contributed by atoms with Crippen molar-refractivity contribution >= 4 is 17.5 Å². The minimum absolute atomic E-state index is 0.0962. The van der Waals surface area contributed by atoms with Crippen LogP contribution in [0.1, 0.15) is 65.7 Å². The summed E-state index contributed by atoms with van der Waals surface area (Å²) in [6.07, 6.45) is 5.60. The van der Waals surface area contributed by atoms with Crippen molar-refractivity contribution in [3.63, 3.8) is 0 Å². The molecule has 0 heterocycles. The second-order valence-corrected chi connectivity index (χ2v) is 10.1. The smallest absolute Gasteiger partial charge is 0.303 e. The molecule has 160 valence electrons. The number of rotatable bonds is 3. The van der Waals surface area contributed by atoms with Gasteiger partial charge in [0.25, 0.3) is 0 Å². The second-order valence-electron chi connectivity index (χ2n) is 10.1. The summed E-state index contributed by atoms with van der Waals surface area (Å²) in [5, 5.41) is 20.6. The van der Waals surface area contributed by atoms with Crippen molar-refractivity contribution in [2.45, 2.75) is 77.4 Å². The molecule has 0 aromatic heterocycles. The lowest BCUT2D eigenvalue weighted by atomic mass is 9.45. The summed E-state index contributed by atoms with van der Waals surface area (Å²) in [4.78, 5) is 36.8. The number of hydrogen-bond donors (Lipinski definition) is 2. The lowest BCUT2D eigenvalue weighted by Gasteiger charge is -2.60. The third-order valence-electron chi connectivity index (χ3n) is 9.01. The average Bonchev–Trinajstić information content (AvgIpc) is 2.95. The Morgan fingerprint density at radius 3 is 2.52 bits per heavy atom. The van der Waals surface area contributed by atoms with Crippen LogP contribution in [-0.2, 0) is 19.1 Å². The van der Waals surface area contributed by atoms with Crippen molar-refractivity contribution in [3.8, 4) is 0 Å². The summed E-state index contributed by atoms with van der Waals surface area (Å²) in [5.41, 5.74) is -1.16. The molecule has 7 atom stereocenters. The Balaban J connectivity index is 1.74. The zero-order valence-electron chi connectivity index (χ0n) is 17.6. The highest BCUT2D eigenvalue weighted by Gasteiger charge is 2.69. The molecule has 4 aliphatic carbocycles. The predicted molar refractivity (Wildman–Crippen MR) is 105 cm³/mol. The fourth-order valence-electron chi connectivity index (χ4n) is 7.66. The summed E-state index contributed by atoms with van der Waals surface area (Å²) in [6.45, 7) is 4.89. The summed E-state index contributed by atoms with van der Waals surface area (Å²) in [7, 11) is 0. The minimum atomic E-state index is -1.28. The standard InChI is InChI=1S/C23H32O6/c1-13(25)29-23(20(28)12-24)9-6-17-15-11-19(27)18-10-14(26)4-7-21(18,2)16(15)5-8-22(17,23)3/h10,15-17,19,24,27H,4-9,11-12H2,1-3H3/t15-,16+,17+,19+,21-,22+,23+/m1/s1. The van der Waals surface area contributed by atoms with Crippen molar-refractivity contribution in [1.82, 2.24) is 0 Å². The average molecular weight is 405 g/mol. The molecule has 0 saturated heterocycles. The molecular weight excluding hydrogens is 372 g/mol. The lowest BCUT2D eigenvalue weighted by Crippen LogP contribution is -2.60. The number of ether oxygens (including phenoxy) is 1. The van der Waals surface area contributed by atoms with Gasteiger partial charge in [0.1, 0.15) is 6.61 Å². The number of aliphatic hydroxyl groups is 2. The highest BCUT2D eigenvalue weighted by molar-refractivity contribution is 5.92. The molecule has 0 amide bonds. The number of hydrogen-bond acceptors (Lipinski definition) is 6. The van der Waals surface area contributed by atoms with E-state index in [4.69, 9.17) is 4.74 Å². The maximum Gasteiger partial charge on any atom is 0.303 e. The van der Waals surface area contributed by atoms with Gasteiger partial charge in [-0.05, 0) is 73.3 Å². The van der Waals surface area contributed by atoms with Crippen molar-refractivity contribution in [2.24, 2.45) is 28.6 Å². The number of carbonyl (C=O) groups excluding carboxylic acids is 3. The zero-order valence-corrected chi connectivity index (χ0v) is 17.6. The van der Waals surface area contributed by atoms with Crippen LogP contribution in [0.15, 0.2) is 11.6 Å². The van der Waals surface area contributed by atoms with Crippen LogP contribution in [-0.4, -0.2) is 46.1 Å². The minimum Gasteiger partial charge on any atom is -0.451 e. The van der Waals surface area contributed by atoms with Gasteiger partial charge >= 0.3 is 5.97 Å². The highest BCUT2D eigenvalue weighted by atomic mass is 16.6. The van der Waals surface area contributed by atoms with Crippen LogP contribution in [0, 0.1) is 28.6 Å². The van der Waals surface area contributed by atoms with E-state index in [1.54, 1.807) is 6.08 Å². The van der Waals surface area contributed by atoms with E-state index in [9.17, 15) is 24.6 Å². The summed E-state index contributed by atoms with van der Waals surface area (Å²) >= 11 is 0. The highest BCUT2D eigenvalue weighted by Crippen LogP contribution is 2.68. The van der Waals surface area contributed by atoms with Gasteiger partial charge in [-0.3, -0.25) is 14.4 Å². The molecule has 0 bridgehead atoms. The summed E-state index contributed by atoms with van der Waals surface area (Å²) in [6, 6.07) is 0. The van der Waals surface area contributed by atoms with Crippen molar-refractivity contribution in [2.75, 3.05) is 6.61 Å². The Bertz CT molecular complexity index is 786. The van der Waals surface area contributed by atoms with Crippen LogP contribution in [0.2, 0.25) is 0 Å². The molecule has 3 saturated carbocycles. The van der Waals surface area contributed by atoms with E-state index in [1.807, 2.05) is 6.92 Å². The normalized spacial score (nSPS) is 46.2. The predicted octanol–water partition coefficient (Wildman–Crippen LogP) is 2.35. The van der Waals surface area contributed by atoms with Gasteiger partial charge in [-0.15, -0.1) is 0 Å². The van der Waals surface area contributed by atoms with Crippen molar-refractivity contribution in [3.05, 3.63) is 11.6 Å². The van der Waals surface area contributed by atoms with E-state index < -0.39 is 35.5 Å². The molecule has 0 aromatic rings. The van der Waals surface area contributed by atoms with Gasteiger partial charge in [0.2, 0.25) is 5.78 Å².